The van der Waals surface area contributed by atoms with Gasteiger partial charge in [-0.2, -0.15) is 0 Å². The molecule has 0 radical (unpaired) electrons. The summed E-state index contributed by atoms with van der Waals surface area (Å²) in [5, 5.41) is 5.06. The molecule has 0 atom stereocenters. The van der Waals surface area contributed by atoms with Crippen molar-refractivity contribution in [3.63, 3.8) is 0 Å². The molecule has 168 valence electrons. The van der Waals surface area contributed by atoms with E-state index in [1.807, 2.05) is 0 Å². The van der Waals surface area contributed by atoms with Gasteiger partial charge in [0.05, 0.1) is 16.0 Å². The summed E-state index contributed by atoms with van der Waals surface area (Å²) in [6.45, 7) is 0. The summed E-state index contributed by atoms with van der Waals surface area (Å²) >= 11 is 0. The van der Waals surface area contributed by atoms with E-state index in [1.54, 1.807) is 0 Å². The van der Waals surface area contributed by atoms with Crippen molar-refractivity contribution < 1.29 is 39.9 Å². The minimum atomic E-state index is -4.51. The molecule has 1 heterocycles. The maximum Gasteiger partial charge on any atom is 0.586 e. The quantitative estimate of drug-likeness (QED) is 0.509. The van der Waals surface area contributed by atoms with E-state index in [-0.39, 0.29) is 11.5 Å². The number of carbonyl (C=O) groups is 1. The molecule has 2 aliphatic rings. The summed E-state index contributed by atoms with van der Waals surface area (Å²) in [7, 11) is -8.92. The number of rotatable bonds is 5. The number of hydrogen-bond acceptors (Lipinski definition) is 7. The van der Waals surface area contributed by atoms with Crippen LogP contribution in [0.4, 0.5) is 8.78 Å². The minimum absolute atomic E-state index is 0.0723. The molecular weight excluding hydrogens is 468 g/mol. The SMILES string of the molecule is NS(=O)(=O)c1ccccc1S(=O)(=O)CC(=O)c1ccc(C#CC2CC2)c2c1OC(F)(F)O2. The van der Waals surface area contributed by atoms with Gasteiger partial charge >= 0.3 is 6.29 Å². The Bertz CT molecular complexity index is 1400. The van der Waals surface area contributed by atoms with Crippen LogP contribution in [0.25, 0.3) is 0 Å². The van der Waals surface area contributed by atoms with Crippen molar-refractivity contribution in [1.29, 1.82) is 0 Å². The van der Waals surface area contributed by atoms with Crippen molar-refractivity contribution in [2.24, 2.45) is 11.1 Å². The fourth-order valence-electron chi connectivity index (χ4n) is 3.02. The van der Waals surface area contributed by atoms with Crippen molar-refractivity contribution in [3.8, 4) is 23.3 Å². The summed E-state index contributed by atoms with van der Waals surface area (Å²) in [5.74, 6) is 2.35. The van der Waals surface area contributed by atoms with Gasteiger partial charge in [0.1, 0.15) is 10.6 Å². The molecule has 0 bridgehead atoms. The molecule has 32 heavy (non-hydrogen) atoms. The highest BCUT2D eigenvalue weighted by molar-refractivity contribution is 7.94. The second kappa shape index (κ2) is 7.54. The van der Waals surface area contributed by atoms with E-state index in [0.717, 1.165) is 31.0 Å². The molecule has 2 aromatic carbocycles. The molecule has 8 nitrogen and oxygen atoms in total. The number of carbonyl (C=O) groups excluding carboxylic acids is 1. The second-order valence-corrected chi connectivity index (χ2v) is 10.7. The van der Waals surface area contributed by atoms with Crippen LogP contribution in [0.2, 0.25) is 0 Å². The van der Waals surface area contributed by atoms with Gasteiger partial charge in [-0.3, -0.25) is 4.79 Å². The van der Waals surface area contributed by atoms with Crippen LogP contribution in [0, 0.1) is 17.8 Å². The first-order valence-electron chi connectivity index (χ1n) is 9.19. The van der Waals surface area contributed by atoms with Crippen LogP contribution in [-0.2, 0) is 19.9 Å². The van der Waals surface area contributed by atoms with E-state index in [4.69, 9.17) is 5.14 Å². The fraction of sp³-hybridized carbons (Fsp3) is 0.250. The van der Waals surface area contributed by atoms with E-state index >= 15 is 0 Å². The molecule has 1 fully saturated rings. The fourth-order valence-corrected chi connectivity index (χ4v) is 5.68. The van der Waals surface area contributed by atoms with Crippen molar-refractivity contribution in [2.45, 2.75) is 28.9 Å². The number of sulfone groups is 1. The second-order valence-electron chi connectivity index (χ2n) is 7.20. The predicted octanol–water partition coefficient (Wildman–Crippen LogP) is 2.07. The number of hydrogen-bond donors (Lipinski definition) is 1. The Morgan fingerprint density at radius 1 is 1.03 bits per heavy atom. The Labute approximate surface area is 182 Å². The van der Waals surface area contributed by atoms with E-state index < -0.39 is 64.5 Å². The van der Waals surface area contributed by atoms with E-state index in [9.17, 15) is 30.4 Å². The number of nitrogens with two attached hydrogens (primary N) is 1. The Hall–Kier alpha value is -3.01. The van der Waals surface area contributed by atoms with Gasteiger partial charge < -0.3 is 9.47 Å². The monoisotopic (exact) mass is 483 g/mol. The normalized spacial score (nSPS) is 16.8. The van der Waals surface area contributed by atoms with Gasteiger partial charge in [-0.05, 0) is 37.1 Å². The highest BCUT2D eigenvalue weighted by Gasteiger charge is 2.46. The molecule has 2 N–H and O–H groups in total. The molecule has 1 aliphatic heterocycles. The number of benzene rings is 2. The maximum absolute atomic E-state index is 13.8. The lowest BCUT2D eigenvalue weighted by Crippen LogP contribution is -2.26. The zero-order chi connectivity index (χ0) is 23.3. The van der Waals surface area contributed by atoms with Crippen LogP contribution >= 0.6 is 0 Å². The van der Waals surface area contributed by atoms with Crippen LogP contribution in [-0.4, -0.2) is 34.7 Å². The first-order valence-corrected chi connectivity index (χ1v) is 12.4. The lowest BCUT2D eigenvalue weighted by Gasteiger charge is -2.10. The van der Waals surface area contributed by atoms with E-state index in [0.29, 0.717) is 0 Å². The zero-order valence-corrected chi connectivity index (χ0v) is 17.8. The van der Waals surface area contributed by atoms with Gasteiger partial charge in [0, 0.05) is 5.92 Å². The van der Waals surface area contributed by atoms with Gasteiger partial charge in [-0.1, -0.05) is 24.0 Å². The highest BCUT2D eigenvalue weighted by atomic mass is 32.2. The molecule has 0 aromatic heterocycles. The standard InChI is InChI=1S/C20H15F2NO7S2/c21-20(22)29-18-13(8-7-12-5-6-12)9-10-14(19(18)30-20)15(24)11-31(25,26)16-3-1-2-4-17(16)32(23,27)28/h1-4,9-10,12H,5-6,11H2,(H2,23,27,28). The Balaban J connectivity index is 1.71. The molecule has 0 unspecified atom stereocenters. The number of Topliss-reactive ketones (excluding diaryl/α,β-unsaturated/α-hetero) is 1. The van der Waals surface area contributed by atoms with Crippen molar-refractivity contribution in [1.82, 2.24) is 0 Å². The summed E-state index contributed by atoms with van der Waals surface area (Å²) in [6, 6.07) is 6.87. The van der Waals surface area contributed by atoms with E-state index in [2.05, 4.69) is 21.3 Å². The third kappa shape index (κ3) is 4.45. The third-order valence-electron chi connectivity index (χ3n) is 4.65. The van der Waals surface area contributed by atoms with Crippen LogP contribution in [0.1, 0.15) is 28.8 Å². The molecule has 0 saturated heterocycles. The molecule has 1 saturated carbocycles. The minimum Gasteiger partial charge on any atom is -0.394 e. The molecule has 1 aliphatic carbocycles. The number of ketones is 1. The molecule has 2 aromatic rings. The Morgan fingerprint density at radius 3 is 2.28 bits per heavy atom. The number of ether oxygens (including phenoxy) is 2. The van der Waals surface area contributed by atoms with Gasteiger partial charge in [-0.15, -0.1) is 8.78 Å². The maximum atomic E-state index is 13.8. The lowest BCUT2D eigenvalue weighted by molar-refractivity contribution is -0.286. The number of alkyl halides is 2. The van der Waals surface area contributed by atoms with Gasteiger partial charge in [0.15, 0.2) is 27.1 Å². The predicted molar refractivity (Wildman–Crippen MR) is 106 cm³/mol. The summed E-state index contributed by atoms with van der Waals surface area (Å²) in [5.41, 5.74) is -0.395. The van der Waals surface area contributed by atoms with Crippen LogP contribution in [0.3, 0.4) is 0 Å². The summed E-state index contributed by atoms with van der Waals surface area (Å²) < 4.78 is 85.5. The van der Waals surface area contributed by atoms with Crippen molar-refractivity contribution in [3.05, 3.63) is 47.5 Å². The van der Waals surface area contributed by atoms with Crippen LogP contribution < -0.4 is 14.6 Å². The number of primary sulfonamides is 1. The molecule has 4 rings (SSSR count). The zero-order valence-electron chi connectivity index (χ0n) is 16.2. The molecule has 0 amide bonds. The van der Waals surface area contributed by atoms with Crippen molar-refractivity contribution >= 4 is 25.6 Å². The average Bonchev–Trinajstić information content (AvgIpc) is 3.45. The Kier molecular flexibility index (Phi) is 5.23. The summed E-state index contributed by atoms with van der Waals surface area (Å²) in [4.78, 5) is 11.4. The molecular formula is C20H15F2NO7S2. The first kappa shape index (κ1) is 22.2. The number of halogens is 2. The smallest absolute Gasteiger partial charge is 0.394 e. The van der Waals surface area contributed by atoms with Crippen molar-refractivity contribution in [2.75, 3.05) is 5.75 Å². The molecule has 0 spiro atoms. The van der Waals surface area contributed by atoms with Gasteiger partial charge in [0.2, 0.25) is 10.0 Å². The summed E-state index contributed by atoms with van der Waals surface area (Å²) in [6.07, 6.45) is -2.26. The first-order chi connectivity index (χ1) is 14.9. The molecule has 12 heteroatoms. The highest BCUT2D eigenvalue weighted by Crippen LogP contribution is 2.46. The third-order valence-corrected chi connectivity index (χ3v) is 7.42. The largest absolute Gasteiger partial charge is 0.586 e. The van der Waals surface area contributed by atoms with Gasteiger partial charge in [0.25, 0.3) is 0 Å². The van der Waals surface area contributed by atoms with Crippen LogP contribution in [0.5, 0.6) is 11.5 Å². The van der Waals surface area contributed by atoms with E-state index in [1.165, 1.54) is 18.2 Å². The van der Waals surface area contributed by atoms with Crippen LogP contribution in [0.15, 0.2) is 46.2 Å². The Morgan fingerprint density at radius 2 is 1.66 bits per heavy atom. The number of sulfonamides is 1. The average molecular weight is 483 g/mol. The van der Waals surface area contributed by atoms with Gasteiger partial charge in [-0.25, -0.2) is 22.0 Å². The topological polar surface area (TPSA) is 130 Å². The number of fused-ring (bicyclic) bond motifs is 1. The lowest BCUT2D eigenvalue weighted by atomic mass is 10.1.